The van der Waals surface area contributed by atoms with Crippen LogP contribution in [0.4, 0.5) is 5.69 Å². The summed E-state index contributed by atoms with van der Waals surface area (Å²) in [5, 5.41) is 12.5. The molecule has 0 unspecified atom stereocenters. The number of nitrogens with one attached hydrogen (secondary N) is 1. The van der Waals surface area contributed by atoms with Gasteiger partial charge in [0, 0.05) is 55.2 Å². The summed E-state index contributed by atoms with van der Waals surface area (Å²) < 4.78 is 1.83. The number of aromatic nitrogens is 4. The molecule has 3 heterocycles. The summed E-state index contributed by atoms with van der Waals surface area (Å²) in [6.45, 7) is 8.90. The number of H-pyrrole nitrogens is 1. The van der Waals surface area contributed by atoms with Crippen LogP contribution in [0.2, 0.25) is 5.02 Å². The van der Waals surface area contributed by atoms with Crippen molar-refractivity contribution in [1.29, 1.82) is 0 Å². The lowest BCUT2D eigenvalue weighted by Gasteiger charge is -2.36. The highest BCUT2D eigenvalue weighted by Gasteiger charge is 2.25. The van der Waals surface area contributed by atoms with E-state index in [2.05, 4.69) is 27.1 Å². The highest BCUT2D eigenvalue weighted by Crippen LogP contribution is 2.27. The van der Waals surface area contributed by atoms with Crippen molar-refractivity contribution in [2.24, 2.45) is 7.05 Å². The zero-order valence-corrected chi connectivity index (χ0v) is 17.9. The van der Waals surface area contributed by atoms with Crippen LogP contribution in [-0.4, -0.2) is 57.0 Å². The molecule has 8 heteroatoms. The fourth-order valence-electron chi connectivity index (χ4n) is 3.95. The Labute approximate surface area is 175 Å². The van der Waals surface area contributed by atoms with E-state index in [0.29, 0.717) is 18.8 Å². The first-order valence-electron chi connectivity index (χ1n) is 9.71. The topological polar surface area (TPSA) is 70.0 Å². The predicted octanol–water partition coefficient (Wildman–Crippen LogP) is 3.35. The van der Waals surface area contributed by atoms with E-state index in [9.17, 15) is 4.79 Å². The van der Waals surface area contributed by atoms with Crippen molar-refractivity contribution < 1.29 is 4.79 Å². The standard InChI is InChI=1S/C21H25ClN6O/c1-13-5-6-16(22)11-19(13)27-7-9-28(10-8-27)21(29)18-12-17(23-24-18)20-14(2)25-26(4)15(20)3/h5-6,11-12H,7-10H2,1-4H3,(H,23,24). The van der Waals surface area contributed by atoms with Gasteiger partial charge in [-0.25, -0.2) is 0 Å². The molecule has 2 aromatic heterocycles. The summed E-state index contributed by atoms with van der Waals surface area (Å²) in [6.07, 6.45) is 0. The average molecular weight is 413 g/mol. The van der Waals surface area contributed by atoms with Crippen LogP contribution in [0, 0.1) is 20.8 Å². The molecule has 0 saturated carbocycles. The van der Waals surface area contributed by atoms with E-state index in [1.54, 1.807) is 0 Å². The number of carbonyl (C=O) groups is 1. The van der Waals surface area contributed by atoms with Crippen molar-refractivity contribution >= 4 is 23.2 Å². The second-order valence-electron chi connectivity index (χ2n) is 7.55. The smallest absolute Gasteiger partial charge is 0.272 e. The van der Waals surface area contributed by atoms with Crippen molar-refractivity contribution in [3.05, 3.63) is 51.9 Å². The first-order valence-corrected chi connectivity index (χ1v) is 10.1. The Kier molecular flexibility index (Phi) is 5.08. The van der Waals surface area contributed by atoms with Gasteiger partial charge < -0.3 is 9.80 Å². The molecule has 1 aliphatic rings. The summed E-state index contributed by atoms with van der Waals surface area (Å²) >= 11 is 6.16. The molecule has 0 atom stereocenters. The lowest BCUT2D eigenvalue weighted by atomic mass is 10.1. The molecule has 1 saturated heterocycles. The average Bonchev–Trinajstić information content (AvgIpc) is 3.28. The van der Waals surface area contributed by atoms with Crippen molar-refractivity contribution in [2.45, 2.75) is 20.8 Å². The lowest BCUT2D eigenvalue weighted by Crippen LogP contribution is -2.49. The van der Waals surface area contributed by atoms with E-state index < -0.39 is 0 Å². The number of anilines is 1. The van der Waals surface area contributed by atoms with Crippen LogP contribution in [0.25, 0.3) is 11.3 Å². The molecule has 0 radical (unpaired) electrons. The second-order valence-corrected chi connectivity index (χ2v) is 7.98. The molecule has 1 aliphatic heterocycles. The third-order valence-electron chi connectivity index (χ3n) is 5.65. The Hall–Kier alpha value is -2.80. The fourth-order valence-corrected chi connectivity index (χ4v) is 4.11. The van der Waals surface area contributed by atoms with Gasteiger partial charge in [0.25, 0.3) is 5.91 Å². The van der Waals surface area contributed by atoms with Crippen LogP contribution >= 0.6 is 11.6 Å². The van der Waals surface area contributed by atoms with E-state index in [4.69, 9.17) is 11.6 Å². The molecular weight excluding hydrogens is 388 g/mol. The van der Waals surface area contributed by atoms with Crippen LogP contribution in [-0.2, 0) is 7.05 Å². The lowest BCUT2D eigenvalue weighted by molar-refractivity contribution is 0.0741. The van der Waals surface area contributed by atoms with E-state index in [0.717, 1.165) is 46.4 Å². The van der Waals surface area contributed by atoms with E-state index in [1.807, 2.05) is 54.7 Å². The monoisotopic (exact) mass is 412 g/mol. The van der Waals surface area contributed by atoms with Gasteiger partial charge in [-0.1, -0.05) is 17.7 Å². The van der Waals surface area contributed by atoms with Gasteiger partial charge in [-0.05, 0) is 44.5 Å². The Morgan fingerprint density at radius 3 is 2.48 bits per heavy atom. The van der Waals surface area contributed by atoms with Gasteiger partial charge in [0.15, 0.2) is 0 Å². The summed E-state index contributed by atoms with van der Waals surface area (Å²) in [5.41, 5.74) is 6.49. The summed E-state index contributed by atoms with van der Waals surface area (Å²) in [6, 6.07) is 7.76. The van der Waals surface area contributed by atoms with Crippen LogP contribution in [0.15, 0.2) is 24.3 Å². The van der Waals surface area contributed by atoms with E-state index in [1.165, 1.54) is 5.56 Å². The minimum Gasteiger partial charge on any atom is -0.368 e. The van der Waals surface area contributed by atoms with Gasteiger partial charge in [-0.2, -0.15) is 10.2 Å². The molecule has 0 spiro atoms. The van der Waals surface area contributed by atoms with Crippen LogP contribution in [0.1, 0.15) is 27.4 Å². The van der Waals surface area contributed by atoms with Crippen molar-refractivity contribution in [1.82, 2.24) is 24.9 Å². The number of nitrogens with zero attached hydrogens (tertiary/aromatic N) is 5. The first kappa shape index (κ1) is 19.5. The molecule has 4 rings (SSSR count). The molecule has 0 aliphatic carbocycles. The molecule has 152 valence electrons. The number of aryl methyl sites for hydroxylation is 3. The van der Waals surface area contributed by atoms with Crippen molar-refractivity contribution in [3.8, 4) is 11.3 Å². The third-order valence-corrected chi connectivity index (χ3v) is 5.89. The molecule has 1 amide bonds. The number of rotatable bonds is 3. The number of hydrogen-bond donors (Lipinski definition) is 1. The van der Waals surface area contributed by atoms with E-state index >= 15 is 0 Å². The minimum atomic E-state index is -0.0228. The Morgan fingerprint density at radius 2 is 1.83 bits per heavy atom. The first-order chi connectivity index (χ1) is 13.8. The number of hydrogen-bond acceptors (Lipinski definition) is 4. The fraction of sp³-hybridized carbons (Fsp3) is 0.381. The summed E-state index contributed by atoms with van der Waals surface area (Å²) in [4.78, 5) is 17.1. The Bertz CT molecular complexity index is 1060. The van der Waals surface area contributed by atoms with Gasteiger partial charge in [-0.3, -0.25) is 14.6 Å². The molecule has 1 fully saturated rings. The molecule has 0 bridgehead atoms. The molecule has 29 heavy (non-hydrogen) atoms. The number of carbonyl (C=O) groups excluding carboxylic acids is 1. The van der Waals surface area contributed by atoms with Crippen molar-refractivity contribution in [2.75, 3.05) is 31.1 Å². The number of aromatic amines is 1. The maximum Gasteiger partial charge on any atom is 0.272 e. The highest BCUT2D eigenvalue weighted by molar-refractivity contribution is 6.30. The van der Waals surface area contributed by atoms with Gasteiger partial charge >= 0.3 is 0 Å². The second kappa shape index (κ2) is 7.55. The van der Waals surface area contributed by atoms with Gasteiger partial charge in [0.1, 0.15) is 5.69 Å². The summed E-state index contributed by atoms with van der Waals surface area (Å²) in [5.74, 6) is -0.0228. The predicted molar refractivity (Wildman–Crippen MR) is 115 cm³/mol. The zero-order valence-electron chi connectivity index (χ0n) is 17.2. The normalized spacial score (nSPS) is 14.5. The zero-order chi connectivity index (χ0) is 20.7. The molecular formula is C21H25ClN6O. The van der Waals surface area contributed by atoms with Crippen molar-refractivity contribution in [3.63, 3.8) is 0 Å². The van der Waals surface area contributed by atoms with Crippen LogP contribution in [0.3, 0.4) is 0 Å². The third kappa shape index (κ3) is 3.62. The van der Waals surface area contributed by atoms with Gasteiger partial charge in [-0.15, -0.1) is 0 Å². The van der Waals surface area contributed by atoms with Crippen LogP contribution in [0.5, 0.6) is 0 Å². The Balaban J connectivity index is 1.47. The van der Waals surface area contributed by atoms with Gasteiger partial charge in [0.2, 0.25) is 0 Å². The number of piperazine rings is 1. The summed E-state index contributed by atoms with van der Waals surface area (Å²) in [7, 11) is 1.91. The number of benzene rings is 1. The molecule has 1 aromatic carbocycles. The maximum absolute atomic E-state index is 13.0. The maximum atomic E-state index is 13.0. The molecule has 7 nitrogen and oxygen atoms in total. The quantitative estimate of drug-likeness (QED) is 0.716. The minimum absolute atomic E-state index is 0.0228. The Morgan fingerprint density at radius 1 is 1.10 bits per heavy atom. The molecule has 1 N–H and O–H groups in total. The number of halogens is 1. The largest absolute Gasteiger partial charge is 0.368 e. The highest BCUT2D eigenvalue weighted by atomic mass is 35.5. The van der Waals surface area contributed by atoms with Gasteiger partial charge in [0.05, 0.1) is 11.4 Å². The van der Waals surface area contributed by atoms with Crippen LogP contribution < -0.4 is 4.90 Å². The number of amides is 1. The SMILES string of the molecule is Cc1ccc(Cl)cc1N1CCN(C(=O)c2cc(-c3c(C)nn(C)c3C)n[nH]2)CC1. The van der Waals surface area contributed by atoms with E-state index in [-0.39, 0.29) is 5.91 Å². The molecule has 3 aromatic rings.